The molecule has 5 heteroatoms. The van der Waals surface area contributed by atoms with Gasteiger partial charge in [-0.15, -0.1) is 54.1 Å². The average Bonchev–Trinajstić information content (AvgIpc) is 3.43. The van der Waals surface area contributed by atoms with Crippen molar-refractivity contribution in [2.24, 2.45) is 0 Å². The molecule has 0 aliphatic heterocycles. The Bertz CT molecular complexity index is 2310. The first kappa shape index (κ1) is 31.0. The molecule has 46 heavy (non-hydrogen) atoms. The van der Waals surface area contributed by atoms with Crippen LogP contribution in [0.1, 0.15) is 22.4 Å². The van der Waals surface area contributed by atoms with Gasteiger partial charge in [0.25, 0.3) is 0 Å². The summed E-state index contributed by atoms with van der Waals surface area (Å²) in [6.45, 7) is 8.23. The van der Waals surface area contributed by atoms with Crippen LogP contribution in [0.2, 0.25) is 0 Å². The van der Waals surface area contributed by atoms with Crippen molar-refractivity contribution in [3.63, 3.8) is 0 Å². The predicted octanol–water partition coefficient (Wildman–Crippen LogP) is 10.4. The summed E-state index contributed by atoms with van der Waals surface area (Å²) >= 11 is 0. The number of pyridine rings is 3. The van der Waals surface area contributed by atoms with Gasteiger partial charge >= 0.3 is 0 Å². The molecule has 0 atom stereocenters. The molecule has 4 nitrogen and oxygen atoms in total. The number of hydrogen-bond acceptors (Lipinski definition) is 4. The van der Waals surface area contributed by atoms with Crippen LogP contribution in [0.25, 0.3) is 66.5 Å². The van der Waals surface area contributed by atoms with E-state index in [1.54, 1.807) is 0 Å². The standard InChI is InChI=1S/C29H21N2O.C12H10N.Ir/c1-17-7-9-20-10-11-21(14-22(20)13-17)26-15-27(30-16-18(26)2)25-6-4-5-23-24-12-8-19(3)31-29(24)32-28(23)25;1-10-7-8-12(13-9-10)11-5-3-2-4-6-11;/h4-5,7-16H,1-3H3;2-5,7-9H,1H3;/q2*-1;. The molecule has 227 valence electrons. The third-order valence-electron chi connectivity index (χ3n) is 8.00. The van der Waals surface area contributed by atoms with Crippen LogP contribution in [0.3, 0.4) is 0 Å². The molecule has 0 bridgehead atoms. The summed E-state index contributed by atoms with van der Waals surface area (Å²) in [5, 5.41) is 4.53. The number of aryl methyl sites for hydroxylation is 4. The minimum absolute atomic E-state index is 0. The fourth-order valence-corrected chi connectivity index (χ4v) is 5.59. The Balaban J connectivity index is 0.000000223. The molecular weight excluding hydrogens is 743 g/mol. The Kier molecular flexibility index (Phi) is 8.89. The molecule has 0 aliphatic carbocycles. The first-order valence-electron chi connectivity index (χ1n) is 15.0. The Morgan fingerprint density at radius 3 is 2.26 bits per heavy atom. The van der Waals surface area contributed by atoms with Crippen molar-refractivity contribution in [1.82, 2.24) is 15.0 Å². The molecule has 8 rings (SSSR count). The maximum Gasteiger partial charge on any atom is 0.216 e. The molecule has 0 amide bonds. The Morgan fingerprint density at radius 2 is 1.46 bits per heavy atom. The molecular formula is C41H31IrN3O-2. The molecule has 4 heterocycles. The van der Waals surface area contributed by atoms with Gasteiger partial charge in [0, 0.05) is 43.6 Å². The number of rotatable bonds is 3. The van der Waals surface area contributed by atoms with E-state index in [4.69, 9.17) is 9.40 Å². The van der Waals surface area contributed by atoms with E-state index in [-0.39, 0.29) is 20.1 Å². The molecule has 0 N–H and O–H groups in total. The zero-order valence-corrected chi connectivity index (χ0v) is 28.4. The molecule has 0 fully saturated rings. The second-order valence-electron chi connectivity index (χ2n) is 11.4. The molecule has 0 unspecified atom stereocenters. The second-order valence-corrected chi connectivity index (χ2v) is 11.4. The van der Waals surface area contributed by atoms with Crippen molar-refractivity contribution in [3.05, 3.63) is 150 Å². The Morgan fingerprint density at radius 1 is 0.630 bits per heavy atom. The van der Waals surface area contributed by atoms with Gasteiger partial charge in [0.15, 0.2) is 0 Å². The Labute approximate surface area is 282 Å². The van der Waals surface area contributed by atoms with Crippen LogP contribution in [-0.2, 0) is 20.1 Å². The van der Waals surface area contributed by atoms with Crippen LogP contribution in [0.4, 0.5) is 0 Å². The van der Waals surface area contributed by atoms with Crippen LogP contribution in [0.15, 0.2) is 120 Å². The number of aromatic nitrogens is 3. The van der Waals surface area contributed by atoms with E-state index in [1.807, 2.05) is 74.8 Å². The number of fused-ring (bicyclic) bond motifs is 4. The predicted molar refractivity (Wildman–Crippen MR) is 184 cm³/mol. The number of furan rings is 1. The first-order valence-corrected chi connectivity index (χ1v) is 15.0. The van der Waals surface area contributed by atoms with Gasteiger partial charge in [0.05, 0.1) is 5.58 Å². The molecule has 1 radical (unpaired) electrons. The molecule has 0 aliphatic rings. The minimum Gasteiger partial charge on any atom is -0.486 e. The zero-order valence-electron chi connectivity index (χ0n) is 26.1. The summed E-state index contributed by atoms with van der Waals surface area (Å²) in [5.74, 6) is 0. The molecule has 4 aromatic carbocycles. The quantitative estimate of drug-likeness (QED) is 0.168. The smallest absolute Gasteiger partial charge is 0.216 e. The van der Waals surface area contributed by atoms with Crippen molar-refractivity contribution in [3.8, 4) is 33.6 Å². The SMILES string of the molecule is Cc1ccc(-c2[c-]cccc2)nc1.Cc1ccc2ccc(-c3cc(-c4[c-]ccc5c4oc4nc(C)ccc45)ncc3C)cc2c1.[Ir]. The van der Waals surface area contributed by atoms with Crippen LogP contribution < -0.4 is 0 Å². The van der Waals surface area contributed by atoms with Gasteiger partial charge in [0.2, 0.25) is 5.71 Å². The third kappa shape index (κ3) is 6.25. The zero-order chi connectivity index (χ0) is 30.9. The summed E-state index contributed by atoms with van der Waals surface area (Å²) in [4.78, 5) is 13.6. The van der Waals surface area contributed by atoms with Crippen LogP contribution >= 0.6 is 0 Å². The van der Waals surface area contributed by atoms with Crippen molar-refractivity contribution < 1.29 is 24.5 Å². The Hall–Kier alpha value is -4.96. The summed E-state index contributed by atoms with van der Waals surface area (Å²) in [6.07, 6.45) is 3.80. The van der Waals surface area contributed by atoms with Gasteiger partial charge in [-0.3, -0.25) is 0 Å². The maximum absolute atomic E-state index is 6.18. The van der Waals surface area contributed by atoms with Gasteiger partial charge in [-0.2, -0.15) is 0 Å². The van der Waals surface area contributed by atoms with Gasteiger partial charge in [-0.25, -0.2) is 4.98 Å². The number of hydrogen-bond donors (Lipinski definition) is 0. The van der Waals surface area contributed by atoms with E-state index in [1.165, 1.54) is 27.5 Å². The first-order chi connectivity index (χ1) is 21.9. The molecule has 8 aromatic rings. The monoisotopic (exact) mass is 774 g/mol. The van der Waals surface area contributed by atoms with E-state index in [9.17, 15) is 0 Å². The van der Waals surface area contributed by atoms with E-state index >= 15 is 0 Å². The van der Waals surface area contributed by atoms with Crippen molar-refractivity contribution in [1.29, 1.82) is 0 Å². The maximum atomic E-state index is 6.18. The van der Waals surface area contributed by atoms with E-state index < -0.39 is 0 Å². The van der Waals surface area contributed by atoms with Crippen LogP contribution in [0.5, 0.6) is 0 Å². The number of benzene rings is 4. The van der Waals surface area contributed by atoms with Crippen LogP contribution in [0, 0.1) is 39.8 Å². The summed E-state index contributed by atoms with van der Waals surface area (Å²) < 4.78 is 6.18. The fourth-order valence-electron chi connectivity index (χ4n) is 5.59. The van der Waals surface area contributed by atoms with Gasteiger partial charge in [-0.1, -0.05) is 65.0 Å². The van der Waals surface area contributed by atoms with E-state index in [0.717, 1.165) is 55.7 Å². The van der Waals surface area contributed by atoms with Gasteiger partial charge < -0.3 is 14.4 Å². The van der Waals surface area contributed by atoms with Crippen LogP contribution in [-0.4, -0.2) is 15.0 Å². The van der Waals surface area contributed by atoms with E-state index in [2.05, 4.69) is 90.5 Å². The molecule has 0 saturated carbocycles. The minimum atomic E-state index is 0. The summed E-state index contributed by atoms with van der Waals surface area (Å²) in [7, 11) is 0. The third-order valence-corrected chi connectivity index (χ3v) is 8.00. The van der Waals surface area contributed by atoms with E-state index in [0.29, 0.717) is 5.71 Å². The van der Waals surface area contributed by atoms with Gasteiger partial charge in [-0.05, 0) is 90.3 Å². The van der Waals surface area contributed by atoms with Crippen molar-refractivity contribution in [2.75, 3.05) is 0 Å². The number of nitrogens with zero attached hydrogens (tertiary/aromatic N) is 3. The average molecular weight is 774 g/mol. The topological polar surface area (TPSA) is 51.8 Å². The normalized spacial score (nSPS) is 10.9. The fraction of sp³-hybridized carbons (Fsp3) is 0.0976. The summed E-state index contributed by atoms with van der Waals surface area (Å²) in [5.41, 5.74) is 12.0. The van der Waals surface area contributed by atoms with Crippen molar-refractivity contribution in [2.45, 2.75) is 27.7 Å². The molecule has 0 spiro atoms. The summed E-state index contributed by atoms with van der Waals surface area (Å²) in [6, 6.07) is 41.8. The van der Waals surface area contributed by atoms with Gasteiger partial charge in [0.1, 0.15) is 0 Å². The largest absolute Gasteiger partial charge is 0.486 e. The molecule has 4 aromatic heterocycles. The molecule has 0 saturated heterocycles. The second kappa shape index (κ2) is 13.2. The van der Waals surface area contributed by atoms with Crippen molar-refractivity contribution >= 4 is 32.8 Å².